The number of rotatable bonds is 4. The molecule has 0 unspecified atom stereocenters. The summed E-state index contributed by atoms with van der Waals surface area (Å²) >= 11 is 3.55. The van der Waals surface area contributed by atoms with Crippen LogP contribution in [-0.2, 0) is 0 Å². The Labute approximate surface area is 98.7 Å². The second-order valence-corrected chi connectivity index (χ2v) is 5.01. The molecule has 0 amide bonds. The van der Waals surface area contributed by atoms with Gasteiger partial charge in [0, 0.05) is 10.9 Å². The summed E-state index contributed by atoms with van der Waals surface area (Å²) in [6.45, 7) is 2.67. The smallest absolute Gasteiger partial charge is 0.123 e. The molecular weight excluding hydrogens is 256 g/mol. The third kappa shape index (κ3) is 2.88. The maximum atomic E-state index is 5.80. The van der Waals surface area contributed by atoms with E-state index in [-0.39, 0.29) is 0 Å². The molecule has 1 aromatic carbocycles. The minimum atomic E-state index is 0.367. The third-order valence-electron chi connectivity index (χ3n) is 2.46. The summed E-state index contributed by atoms with van der Waals surface area (Å²) in [5, 5.41) is 0. The summed E-state index contributed by atoms with van der Waals surface area (Å²) in [6, 6.07) is 7.84. The maximum Gasteiger partial charge on any atom is 0.123 e. The Bertz CT molecular complexity index is 321. The molecule has 0 heterocycles. The number of halogens is 1. The first-order valence-electron chi connectivity index (χ1n) is 5.31. The molecule has 0 bridgehead atoms. The lowest BCUT2D eigenvalue weighted by atomic mass is 9.96. The van der Waals surface area contributed by atoms with E-state index in [2.05, 4.69) is 15.9 Å². The van der Waals surface area contributed by atoms with Crippen molar-refractivity contribution in [1.82, 2.24) is 0 Å². The summed E-state index contributed by atoms with van der Waals surface area (Å²) in [5.74, 6) is 1.79. The van der Waals surface area contributed by atoms with Crippen LogP contribution in [0.15, 0.2) is 24.3 Å². The van der Waals surface area contributed by atoms with Crippen molar-refractivity contribution in [2.75, 3.05) is 6.61 Å². The molecule has 0 radical (unpaired) electrons. The molecule has 0 aromatic heterocycles. The first-order chi connectivity index (χ1) is 7.28. The number of benzene rings is 1. The molecular formula is C12H15BrO2. The Morgan fingerprint density at radius 3 is 2.73 bits per heavy atom. The second kappa shape index (κ2) is 4.88. The average Bonchev–Trinajstić information content (AvgIpc) is 2.17. The van der Waals surface area contributed by atoms with Crippen LogP contribution in [0.4, 0.5) is 0 Å². The first-order valence-corrected chi connectivity index (χ1v) is 6.23. The fourth-order valence-corrected chi connectivity index (χ4v) is 2.43. The molecule has 15 heavy (non-hydrogen) atoms. The Morgan fingerprint density at radius 1 is 1.33 bits per heavy atom. The van der Waals surface area contributed by atoms with Gasteiger partial charge in [-0.05, 0) is 31.9 Å². The fourth-order valence-electron chi connectivity index (χ4n) is 1.59. The lowest BCUT2D eigenvalue weighted by molar-refractivity contribution is 0.127. The van der Waals surface area contributed by atoms with Crippen molar-refractivity contribution in [3.8, 4) is 11.5 Å². The van der Waals surface area contributed by atoms with E-state index in [9.17, 15) is 0 Å². The van der Waals surface area contributed by atoms with Gasteiger partial charge in [-0.1, -0.05) is 22.0 Å². The van der Waals surface area contributed by atoms with Crippen LogP contribution in [0.3, 0.4) is 0 Å². The third-order valence-corrected chi connectivity index (χ3v) is 3.20. The predicted octanol–water partition coefficient (Wildman–Crippen LogP) is 3.39. The van der Waals surface area contributed by atoms with Crippen molar-refractivity contribution < 1.29 is 9.47 Å². The molecule has 2 nitrogen and oxygen atoms in total. The highest BCUT2D eigenvalue weighted by Crippen LogP contribution is 2.31. The van der Waals surface area contributed by atoms with Gasteiger partial charge in [0.05, 0.1) is 6.61 Å². The van der Waals surface area contributed by atoms with Gasteiger partial charge in [0.2, 0.25) is 0 Å². The van der Waals surface area contributed by atoms with Gasteiger partial charge >= 0.3 is 0 Å². The van der Waals surface area contributed by atoms with Crippen LogP contribution in [0, 0.1) is 0 Å². The molecule has 1 aliphatic rings. The molecule has 1 saturated carbocycles. The Kier molecular flexibility index (Phi) is 3.52. The van der Waals surface area contributed by atoms with Crippen LogP contribution in [0.1, 0.15) is 19.8 Å². The van der Waals surface area contributed by atoms with Gasteiger partial charge in [0.1, 0.15) is 17.6 Å². The molecule has 0 atom stereocenters. The highest BCUT2D eigenvalue weighted by molar-refractivity contribution is 9.09. The van der Waals surface area contributed by atoms with Gasteiger partial charge in [-0.3, -0.25) is 0 Å². The van der Waals surface area contributed by atoms with Crippen LogP contribution in [0.25, 0.3) is 0 Å². The molecule has 1 fully saturated rings. The highest BCUT2D eigenvalue weighted by Gasteiger charge is 2.28. The molecule has 3 heteroatoms. The molecule has 0 N–H and O–H groups in total. The lowest BCUT2D eigenvalue weighted by Crippen LogP contribution is -2.33. The monoisotopic (exact) mass is 270 g/mol. The van der Waals surface area contributed by atoms with Gasteiger partial charge in [-0.15, -0.1) is 0 Å². The quantitative estimate of drug-likeness (QED) is 0.781. The first kappa shape index (κ1) is 10.8. The largest absolute Gasteiger partial charge is 0.494 e. The van der Waals surface area contributed by atoms with Crippen LogP contribution in [0.2, 0.25) is 0 Å². The van der Waals surface area contributed by atoms with Crippen molar-refractivity contribution in [2.45, 2.75) is 30.7 Å². The molecule has 1 aromatic rings. The Hall–Kier alpha value is -0.700. The molecule has 0 aliphatic heterocycles. The zero-order valence-corrected chi connectivity index (χ0v) is 10.4. The van der Waals surface area contributed by atoms with Crippen molar-refractivity contribution >= 4 is 15.9 Å². The second-order valence-electron chi connectivity index (χ2n) is 3.72. The maximum absolute atomic E-state index is 5.80. The van der Waals surface area contributed by atoms with Gasteiger partial charge in [-0.2, -0.15) is 0 Å². The van der Waals surface area contributed by atoms with Crippen LogP contribution in [0.5, 0.6) is 11.5 Å². The minimum absolute atomic E-state index is 0.367. The van der Waals surface area contributed by atoms with Crippen molar-refractivity contribution in [1.29, 1.82) is 0 Å². The minimum Gasteiger partial charge on any atom is -0.494 e. The topological polar surface area (TPSA) is 18.5 Å². The highest BCUT2D eigenvalue weighted by atomic mass is 79.9. The van der Waals surface area contributed by atoms with E-state index in [1.807, 2.05) is 31.2 Å². The molecule has 0 spiro atoms. The van der Waals surface area contributed by atoms with E-state index in [4.69, 9.17) is 9.47 Å². The van der Waals surface area contributed by atoms with Crippen LogP contribution in [-0.4, -0.2) is 17.5 Å². The zero-order chi connectivity index (χ0) is 10.7. The molecule has 82 valence electrons. The molecule has 1 aliphatic carbocycles. The standard InChI is InChI=1S/C12H15BrO2/c1-2-14-10-4-3-5-11(8-10)15-12-6-9(13)7-12/h3-5,8-9,12H,2,6-7H2,1H3. The normalized spacial score (nSPS) is 24.4. The van der Waals surface area contributed by atoms with Gasteiger partial charge in [-0.25, -0.2) is 0 Å². The zero-order valence-electron chi connectivity index (χ0n) is 8.78. The van der Waals surface area contributed by atoms with E-state index in [0.29, 0.717) is 17.5 Å². The number of hydrogen-bond acceptors (Lipinski definition) is 2. The average molecular weight is 271 g/mol. The van der Waals surface area contributed by atoms with Crippen LogP contribution >= 0.6 is 15.9 Å². The molecule has 0 saturated heterocycles. The fraction of sp³-hybridized carbons (Fsp3) is 0.500. The van der Waals surface area contributed by atoms with Crippen molar-refractivity contribution in [3.63, 3.8) is 0 Å². The van der Waals surface area contributed by atoms with E-state index in [1.165, 1.54) is 0 Å². The van der Waals surface area contributed by atoms with Crippen molar-refractivity contribution in [3.05, 3.63) is 24.3 Å². The van der Waals surface area contributed by atoms with E-state index in [0.717, 1.165) is 24.3 Å². The van der Waals surface area contributed by atoms with Gasteiger partial charge in [0.25, 0.3) is 0 Å². The van der Waals surface area contributed by atoms with Crippen molar-refractivity contribution in [2.24, 2.45) is 0 Å². The summed E-state index contributed by atoms with van der Waals surface area (Å²) in [5.41, 5.74) is 0. The van der Waals surface area contributed by atoms with Gasteiger partial charge in [0.15, 0.2) is 0 Å². The number of ether oxygens (including phenoxy) is 2. The lowest BCUT2D eigenvalue weighted by Gasteiger charge is -2.31. The summed E-state index contributed by atoms with van der Waals surface area (Å²) in [7, 11) is 0. The van der Waals surface area contributed by atoms with E-state index >= 15 is 0 Å². The number of alkyl halides is 1. The van der Waals surface area contributed by atoms with E-state index in [1.54, 1.807) is 0 Å². The SMILES string of the molecule is CCOc1cccc(OC2CC(Br)C2)c1. The Balaban J connectivity index is 1.93. The summed E-state index contributed by atoms with van der Waals surface area (Å²) in [4.78, 5) is 0.637. The predicted molar refractivity (Wildman–Crippen MR) is 64.0 cm³/mol. The molecule has 2 rings (SSSR count). The van der Waals surface area contributed by atoms with Crippen LogP contribution < -0.4 is 9.47 Å². The number of hydrogen-bond donors (Lipinski definition) is 0. The Morgan fingerprint density at radius 2 is 2.07 bits per heavy atom. The van der Waals surface area contributed by atoms with Gasteiger partial charge < -0.3 is 9.47 Å². The van der Waals surface area contributed by atoms with E-state index < -0.39 is 0 Å². The summed E-state index contributed by atoms with van der Waals surface area (Å²) < 4.78 is 11.2. The summed E-state index contributed by atoms with van der Waals surface area (Å²) in [6.07, 6.45) is 2.56.